The molecule has 0 bridgehead atoms. The summed E-state index contributed by atoms with van der Waals surface area (Å²) in [4.78, 5) is 4.91. The Morgan fingerprint density at radius 2 is 2.00 bits per heavy atom. The molecule has 106 valence electrons. The van der Waals surface area contributed by atoms with Crippen molar-refractivity contribution in [2.75, 3.05) is 0 Å². The number of aromatic nitrogens is 1. The van der Waals surface area contributed by atoms with Crippen molar-refractivity contribution in [1.29, 1.82) is 0 Å². The van der Waals surface area contributed by atoms with Crippen LogP contribution in [0.5, 0.6) is 0 Å². The molecule has 0 aliphatic heterocycles. The van der Waals surface area contributed by atoms with Gasteiger partial charge in [-0.25, -0.2) is 0 Å². The van der Waals surface area contributed by atoms with Gasteiger partial charge in [0.2, 0.25) is 0 Å². The van der Waals surface area contributed by atoms with Crippen LogP contribution in [0.2, 0.25) is 0 Å². The van der Waals surface area contributed by atoms with E-state index in [-0.39, 0.29) is 0 Å². The van der Waals surface area contributed by atoms with Gasteiger partial charge in [-0.1, -0.05) is 26.0 Å². The SMILES string of the molecule is Cc1ccc2c(CNC3CC3)cc(C(C)C)nc2c1C. The third-order valence-corrected chi connectivity index (χ3v) is 4.36. The van der Waals surface area contributed by atoms with E-state index in [1.807, 2.05) is 0 Å². The molecule has 3 rings (SSSR count). The van der Waals surface area contributed by atoms with Crippen LogP contribution >= 0.6 is 0 Å². The topological polar surface area (TPSA) is 24.9 Å². The summed E-state index contributed by atoms with van der Waals surface area (Å²) in [6, 6.07) is 7.48. The molecule has 1 aliphatic carbocycles. The van der Waals surface area contributed by atoms with Gasteiger partial charge in [-0.15, -0.1) is 0 Å². The summed E-state index contributed by atoms with van der Waals surface area (Å²) >= 11 is 0. The quantitative estimate of drug-likeness (QED) is 0.897. The first-order valence-corrected chi connectivity index (χ1v) is 7.69. The highest BCUT2D eigenvalue weighted by Gasteiger charge is 2.21. The molecule has 1 aliphatic rings. The highest BCUT2D eigenvalue weighted by molar-refractivity contribution is 5.86. The standard InChI is InChI=1S/C18H24N2/c1-11(2)17-9-14(10-19-15-6-7-15)16-8-5-12(3)13(4)18(16)20-17/h5,8-9,11,15,19H,6-7,10H2,1-4H3. The number of rotatable bonds is 4. The molecule has 2 nitrogen and oxygen atoms in total. The Bertz CT molecular complexity index is 639. The van der Waals surface area contributed by atoms with Gasteiger partial charge in [-0.2, -0.15) is 0 Å². The number of hydrogen-bond acceptors (Lipinski definition) is 2. The lowest BCUT2D eigenvalue weighted by molar-refractivity contribution is 0.688. The molecule has 2 aromatic rings. The first-order valence-electron chi connectivity index (χ1n) is 7.69. The number of benzene rings is 1. The molecule has 20 heavy (non-hydrogen) atoms. The summed E-state index contributed by atoms with van der Waals surface area (Å²) in [7, 11) is 0. The Morgan fingerprint density at radius 1 is 1.25 bits per heavy atom. The highest BCUT2D eigenvalue weighted by atomic mass is 14.9. The number of nitrogens with zero attached hydrogens (tertiary/aromatic N) is 1. The fourth-order valence-corrected chi connectivity index (χ4v) is 2.61. The van der Waals surface area contributed by atoms with Crippen molar-refractivity contribution in [3.05, 3.63) is 40.6 Å². The molecule has 1 aromatic carbocycles. The second kappa shape index (κ2) is 5.17. The lowest BCUT2D eigenvalue weighted by atomic mass is 9.98. The summed E-state index contributed by atoms with van der Waals surface area (Å²) in [6.45, 7) is 9.76. The summed E-state index contributed by atoms with van der Waals surface area (Å²) in [6.07, 6.45) is 2.66. The van der Waals surface area contributed by atoms with E-state index in [1.165, 1.54) is 46.1 Å². The number of nitrogens with one attached hydrogen (secondary N) is 1. The van der Waals surface area contributed by atoms with Gasteiger partial charge in [-0.05, 0) is 55.4 Å². The predicted octanol–water partition coefficient (Wildman–Crippen LogP) is 4.23. The van der Waals surface area contributed by atoms with E-state index >= 15 is 0 Å². The predicted molar refractivity (Wildman–Crippen MR) is 85.2 cm³/mol. The summed E-state index contributed by atoms with van der Waals surface area (Å²) in [5.74, 6) is 0.471. The minimum atomic E-state index is 0.471. The Balaban J connectivity index is 2.11. The molecule has 2 heteroatoms. The van der Waals surface area contributed by atoms with Crippen LogP contribution in [0.15, 0.2) is 18.2 Å². The first kappa shape index (κ1) is 13.6. The Morgan fingerprint density at radius 3 is 2.65 bits per heavy atom. The van der Waals surface area contributed by atoms with Gasteiger partial charge in [0.1, 0.15) is 0 Å². The van der Waals surface area contributed by atoms with Crippen molar-refractivity contribution in [3.63, 3.8) is 0 Å². The maximum absolute atomic E-state index is 4.91. The van der Waals surface area contributed by atoms with Crippen LogP contribution in [-0.2, 0) is 6.54 Å². The average molecular weight is 268 g/mol. The van der Waals surface area contributed by atoms with Crippen LogP contribution in [0, 0.1) is 13.8 Å². The molecule has 0 amide bonds. The Labute approximate surface area is 121 Å². The number of fused-ring (bicyclic) bond motifs is 1. The zero-order valence-electron chi connectivity index (χ0n) is 13.0. The minimum Gasteiger partial charge on any atom is -0.310 e. The minimum absolute atomic E-state index is 0.471. The van der Waals surface area contributed by atoms with Gasteiger partial charge < -0.3 is 5.32 Å². The van der Waals surface area contributed by atoms with Crippen LogP contribution in [0.3, 0.4) is 0 Å². The summed E-state index contributed by atoms with van der Waals surface area (Å²) < 4.78 is 0. The maximum atomic E-state index is 4.91. The molecule has 0 spiro atoms. The average Bonchev–Trinajstić information content (AvgIpc) is 3.24. The van der Waals surface area contributed by atoms with Crippen LogP contribution < -0.4 is 5.32 Å². The normalized spacial score (nSPS) is 15.2. The highest BCUT2D eigenvalue weighted by Crippen LogP contribution is 2.27. The zero-order chi connectivity index (χ0) is 14.3. The molecular formula is C18H24N2. The van der Waals surface area contributed by atoms with Gasteiger partial charge in [0, 0.05) is 23.7 Å². The van der Waals surface area contributed by atoms with Crippen molar-refractivity contribution >= 4 is 10.9 Å². The lowest BCUT2D eigenvalue weighted by Gasteiger charge is -2.15. The molecule has 1 saturated carbocycles. The second-order valence-corrected chi connectivity index (χ2v) is 6.42. The number of hydrogen-bond donors (Lipinski definition) is 1. The van der Waals surface area contributed by atoms with Crippen molar-refractivity contribution in [1.82, 2.24) is 10.3 Å². The third kappa shape index (κ3) is 2.57. The molecule has 0 saturated heterocycles. The Hall–Kier alpha value is -1.41. The van der Waals surface area contributed by atoms with Crippen LogP contribution in [0.25, 0.3) is 10.9 Å². The fraction of sp³-hybridized carbons (Fsp3) is 0.500. The maximum Gasteiger partial charge on any atom is 0.0740 e. The van der Waals surface area contributed by atoms with E-state index in [0.29, 0.717) is 5.92 Å². The van der Waals surface area contributed by atoms with Gasteiger partial charge in [0.05, 0.1) is 5.52 Å². The molecule has 0 unspecified atom stereocenters. The van der Waals surface area contributed by atoms with Crippen molar-refractivity contribution in [2.45, 2.75) is 59.0 Å². The first-order chi connectivity index (χ1) is 9.56. The Kier molecular flexibility index (Phi) is 3.51. The molecule has 1 N–H and O–H groups in total. The van der Waals surface area contributed by atoms with Gasteiger partial charge in [-0.3, -0.25) is 4.98 Å². The van der Waals surface area contributed by atoms with E-state index in [0.717, 1.165) is 12.6 Å². The molecule has 0 atom stereocenters. The summed E-state index contributed by atoms with van der Waals surface area (Å²) in [5, 5.41) is 4.95. The van der Waals surface area contributed by atoms with E-state index in [2.05, 4.69) is 51.2 Å². The lowest BCUT2D eigenvalue weighted by Crippen LogP contribution is -2.16. The van der Waals surface area contributed by atoms with E-state index in [1.54, 1.807) is 0 Å². The molecule has 0 radical (unpaired) electrons. The zero-order valence-corrected chi connectivity index (χ0v) is 13.0. The van der Waals surface area contributed by atoms with Crippen LogP contribution in [0.1, 0.15) is 55.0 Å². The number of aryl methyl sites for hydroxylation is 2. The molecule has 1 aromatic heterocycles. The summed E-state index contributed by atoms with van der Waals surface area (Å²) in [5.41, 5.74) is 6.43. The number of pyridine rings is 1. The molecule has 1 fully saturated rings. The van der Waals surface area contributed by atoms with Crippen LogP contribution in [-0.4, -0.2) is 11.0 Å². The van der Waals surface area contributed by atoms with E-state index in [9.17, 15) is 0 Å². The van der Waals surface area contributed by atoms with Gasteiger partial charge >= 0.3 is 0 Å². The van der Waals surface area contributed by atoms with Crippen molar-refractivity contribution < 1.29 is 0 Å². The second-order valence-electron chi connectivity index (χ2n) is 6.42. The monoisotopic (exact) mass is 268 g/mol. The van der Waals surface area contributed by atoms with Crippen molar-refractivity contribution in [2.24, 2.45) is 0 Å². The van der Waals surface area contributed by atoms with E-state index < -0.39 is 0 Å². The van der Waals surface area contributed by atoms with Crippen LogP contribution in [0.4, 0.5) is 0 Å². The van der Waals surface area contributed by atoms with E-state index in [4.69, 9.17) is 4.98 Å². The third-order valence-electron chi connectivity index (χ3n) is 4.36. The fourth-order valence-electron chi connectivity index (χ4n) is 2.61. The molecule has 1 heterocycles. The van der Waals surface area contributed by atoms with Crippen molar-refractivity contribution in [3.8, 4) is 0 Å². The largest absolute Gasteiger partial charge is 0.310 e. The molecular weight excluding hydrogens is 244 g/mol. The van der Waals surface area contributed by atoms with Gasteiger partial charge in [0.25, 0.3) is 0 Å². The smallest absolute Gasteiger partial charge is 0.0740 e. The van der Waals surface area contributed by atoms with Gasteiger partial charge in [0.15, 0.2) is 0 Å².